The fourth-order valence-electron chi connectivity index (χ4n) is 1.65. The molecule has 15 heavy (non-hydrogen) atoms. The average Bonchev–Trinajstić information content (AvgIpc) is 2.24. The van der Waals surface area contributed by atoms with Gasteiger partial charge in [-0.25, -0.2) is 4.98 Å². The van der Waals surface area contributed by atoms with Gasteiger partial charge in [-0.05, 0) is 45.0 Å². The fourth-order valence-corrected chi connectivity index (χ4v) is 2.43. The molecule has 0 bridgehead atoms. The minimum atomic E-state index is 1.04. The number of anilines is 1. The summed E-state index contributed by atoms with van der Waals surface area (Å²) < 4.78 is 2.11. The van der Waals surface area contributed by atoms with Crippen molar-refractivity contribution in [3.63, 3.8) is 0 Å². The molecule has 0 aromatic carbocycles. The first-order chi connectivity index (χ1) is 7.18. The Morgan fingerprint density at radius 2 is 1.87 bits per heavy atom. The zero-order valence-corrected chi connectivity index (χ0v) is 11.8. The molecular formula is C10H13Br2N3. The average molecular weight is 335 g/mol. The third-order valence-corrected chi connectivity index (χ3v) is 4.60. The number of hydrogen-bond acceptors (Lipinski definition) is 3. The van der Waals surface area contributed by atoms with Crippen molar-refractivity contribution in [2.45, 2.75) is 0 Å². The molecule has 0 amide bonds. The van der Waals surface area contributed by atoms with E-state index in [0.29, 0.717) is 0 Å². The maximum atomic E-state index is 4.42. The predicted octanol–water partition coefficient (Wildman–Crippen LogP) is 2.36. The van der Waals surface area contributed by atoms with Crippen LogP contribution in [0.1, 0.15) is 0 Å². The van der Waals surface area contributed by atoms with Crippen LogP contribution in [-0.4, -0.2) is 43.1 Å². The Hall–Kier alpha value is -0.130. The molecule has 0 radical (unpaired) electrons. The third kappa shape index (κ3) is 2.52. The highest BCUT2D eigenvalue weighted by atomic mass is 79.9. The molecule has 2 rings (SSSR count). The highest BCUT2D eigenvalue weighted by molar-refractivity contribution is 9.13. The van der Waals surface area contributed by atoms with Gasteiger partial charge in [0, 0.05) is 36.8 Å². The largest absolute Gasteiger partial charge is 0.353 e. The molecule has 0 unspecified atom stereocenters. The van der Waals surface area contributed by atoms with Crippen molar-refractivity contribution in [1.82, 2.24) is 9.88 Å². The summed E-state index contributed by atoms with van der Waals surface area (Å²) in [7, 11) is 2.15. The number of halogens is 2. The normalized spacial score (nSPS) is 18.2. The van der Waals surface area contributed by atoms with Gasteiger partial charge >= 0.3 is 0 Å². The molecule has 2 heterocycles. The summed E-state index contributed by atoms with van der Waals surface area (Å²) in [4.78, 5) is 9.07. The molecular weight excluding hydrogens is 322 g/mol. The molecule has 0 atom stereocenters. The minimum absolute atomic E-state index is 1.04. The van der Waals surface area contributed by atoms with Crippen molar-refractivity contribution in [1.29, 1.82) is 0 Å². The van der Waals surface area contributed by atoms with E-state index in [4.69, 9.17) is 0 Å². The van der Waals surface area contributed by atoms with Gasteiger partial charge in [-0.15, -0.1) is 0 Å². The van der Waals surface area contributed by atoms with Crippen LogP contribution < -0.4 is 4.90 Å². The van der Waals surface area contributed by atoms with Gasteiger partial charge in [0.05, 0.1) is 4.47 Å². The van der Waals surface area contributed by atoms with Crippen molar-refractivity contribution >= 4 is 37.7 Å². The molecule has 5 heteroatoms. The first-order valence-corrected chi connectivity index (χ1v) is 6.50. The van der Waals surface area contributed by atoms with Gasteiger partial charge in [0.1, 0.15) is 5.82 Å². The minimum Gasteiger partial charge on any atom is -0.353 e. The van der Waals surface area contributed by atoms with Gasteiger partial charge in [0.15, 0.2) is 0 Å². The van der Waals surface area contributed by atoms with Gasteiger partial charge in [-0.3, -0.25) is 0 Å². The second-order valence-electron chi connectivity index (χ2n) is 3.72. The van der Waals surface area contributed by atoms with Crippen molar-refractivity contribution in [2.75, 3.05) is 38.1 Å². The first-order valence-electron chi connectivity index (χ1n) is 4.92. The topological polar surface area (TPSA) is 19.4 Å². The lowest BCUT2D eigenvalue weighted by atomic mass is 10.3. The molecule has 1 aromatic heterocycles. The predicted molar refractivity (Wildman–Crippen MR) is 69.3 cm³/mol. The fraction of sp³-hybridized carbons (Fsp3) is 0.500. The van der Waals surface area contributed by atoms with E-state index in [1.54, 1.807) is 0 Å². The Labute approximate surface area is 107 Å². The Morgan fingerprint density at radius 1 is 1.20 bits per heavy atom. The lowest BCUT2D eigenvalue weighted by Gasteiger charge is -2.33. The third-order valence-electron chi connectivity index (χ3n) is 2.63. The summed E-state index contributed by atoms with van der Waals surface area (Å²) in [5.41, 5.74) is 0. The van der Waals surface area contributed by atoms with Crippen LogP contribution in [0.3, 0.4) is 0 Å². The highest BCUT2D eigenvalue weighted by Gasteiger charge is 2.18. The van der Waals surface area contributed by atoms with E-state index in [1.807, 2.05) is 12.3 Å². The molecule has 0 aliphatic carbocycles. The van der Waals surface area contributed by atoms with E-state index in [0.717, 1.165) is 40.9 Å². The summed E-state index contributed by atoms with van der Waals surface area (Å²) in [6.07, 6.45) is 1.84. The smallest absolute Gasteiger partial charge is 0.144 e. The lowest BCUT2D eigenvalue weighted by Crippen LogP contribution is -2.45. The molecule has 1 saturated heterocycles. The number of aromatic nitrogens is 1. The zero-order chi connectivity index (χ0) is 10.8. The molecule has 1 aliphatic heterocycles. The Morgan fingerprint density at radius 3 is 2.53 bits per heavy atom. The van der Waals surface area contributed by atoms with Crippen molar-refractivity contribution < 1.29 is 0 Å². The molecule has 0 N–H and O–H groups in total. The summed E-state index contributed by atoms with van der Waals surface area (Å²) >= 11 is 7.07. The van der Waals surface area contributed by atoms with Crippen LogP contribution in [0.4, 0.5) is 5.82 Å². The maximum Gasteiger partial charge on any atom is 0.144 e. The Bertz CT molecular complexity index is 349. The molecule has 1 aliphatic rings. The van der Waals surface area contributed by atoms with E-state index < -0.39 is 0 Å². The van der Waals surface area contributed by atoms with Crippen molar-refractivity contribution in [3.05, 3.63) is 21.2 Å². The van der Waals surface area contributed by atoms with Gasteiger partial charge in [0.2, 0.25) is 0 Å². The van der Waals surface area contributed by atoms with Crippen molar-refractivity contribution in [3.8, 4) is 0 Å². The van der Waals surface area contributed by atoms with Crippen molar-refractivity contribution in [2.24, 2.45) is 0 Å². The Balaban J connectivity index is 2.19. The zero-order valence-electron chi connectivity index (χ0n) is 8.58. The number of likely N-dealkylation sites (N-methyl/N-ethyl adjacent to an activating group) is 1. The maximum absolute atomic E-state index is 4.42. The second-order valence-corrected chi connectivity index (χ2v) is 5.37. The van der Waals surface area contributed by atoms with Crippen LogP contribution in [0.15, 0.2) is 21.2 Å². The quantitative estimate of drug-likeness (QED) is 0.786. The van der Waals surface area contributed by atoms with Crippen LogP contribution in [0.2, 0.25) is 0 Å². The molecule has 82 valence electrons. The van der Waals surface area contributed by atoms with Gasteiger partial charge in [0.25, 0.3) is 0 Å². The monoisotopic (exact) mass is 333 g/mol. The summed E-state index contributed by atoms with van der Waals surface area (Å²) in [6, 6.07) is 1.95. The number of pyridine rings is 1. The molecule has 0 saturated carbocycles. The number of hydrogen-bond donors (Lipinski definition) is 0. The van der Waals surface area contributed by atoms with Crippen LogP contribution in [0.5, 0.6) is 0 Å². The summed E-state index contributed by atoms with van der Waals surface area (Å²) in [5.74, 6) is 1.04. The van der Waals surface area contributed by atoms with Crippen LogP contribution in [0.25, 0.3) is 0 Å². The molecule has 3 nitrogen and oxygen atoms in total. The number of rotatable bonds is 1. The summed E-state index contributed by atoms with van der Waals surface area (Å²) in [5, 5.41) is 0. The van der Waals surface area contributed by atoms with E-state index in [-0.39, 0.29) is 0 Å². The summed E-state index contributed by atoms with van der Waals surface area (Å²) in [6.45, 7) is 4.28. The van der Waals surface area contributed by atoms with E-state index >= 15 is 0 Å². The molecule has 1 fully saturated rings. The van der Waals surface area contributed by atoms with Gasteiger partial charge in [-0.1, -0.05) is 0 Å². The van der Waals surface area contributed by atoms with E-state index in [9.17, 15) is 0 Å². The molecule has 1 aromatic rings. The Kier molecular flexibility index (Phi) is 3.64. The van der Waals surface area contributed by atoms with Crippen LogP contribution >= 0.6 is 31.9 Å². The number of piperazine rings is 1. The highest BCUT2D eigenvalue weighted by Crippen LogP contribution is 2.31. The SMILES string of the molecule is CN1CCN(c2nccc(Br)c2Br)CC1. The second kappa shape index (κ2) is 4.80. The van der Waals surface area contributed by atoms with Crippen LogP contribution in [0, 0.1) is 0 Å². The standard InChI is InChI=1S/C10H13Br2N3/c1-14-4-6-15(7-5-14)10-9(12)8(11)2-3-13-10/h2-3H,4-7H2,1H3. The number of nitrogens with zero attached hydrogens (tertiary/aromatic N) is 3. The van der Waals surface area contributed by atoms with Gasteiger partial charge in [-0.2, -0.15) is 0 Å². The molecule has 0 spiro atoms. The first kappa shape index (κ1) is 11.4. The van der Waals surface area contributed by atoms with E-state index in [2.05, 4.69) is 53.7 Å². The van der Waals surface area contributed by atoms with E-state index in [1.165, 1.54) is 0 Å². The lowest BCUT2D eigenvalue weighted by molar-refractivity contribution is 0.312. The van der Waals surface area contributed by atoms with Crippen LogP contribution in [-0.2, 0) is 0 Å². The van der Waals surface area contributed by atoms with Gasteiger partial charge < -0.3 is 9.80 Å².